The van der Waals surface area contributed by atoms with Gasteiger partial charge in [-0.15, -0.1) is 21.5 Å². The predicted octanol–water partition coefficient (Wildman–Crippen LogP) is 6.00. The zero-order valence-electron chi connectivity index (χ0n) is 14.3. The molecule has 3 heterocycles. The molecular formula is C20H15BrN4S. The lowest BCUT2D eigenvalue weighted by atomic mass is 10.0. The van der Waals surface area contributed by atoms with Crippen molar-refractivity contribution in [1.82, 2.24) is 19.6 Å². The topological polar surface area (TPSA) is 43.1 Å². The molecule has 0 saturated heterocycles. The molecular weight excluding hydrogens is 408 g/mol. The van der Waals surface area contributed by atoms with Crippen molar-refractivity contribution in [2.75, 3.05) is 0 Å². The monoisotopic (exact) mass is 422 g/mol. The molecule has 0 N–H and O–H groups in total. The van der Waals surface area contributed by atoms with Crippen LogP contribution in [0.2, 0.25) is 0 Å². The van der Waals surface area contributed by atoms with Gasteiger partial charge in [0.15, 0.2) is 5.82 Å². The molecule has 0 bridgehead atoms. The fraction of sp³-hybridized carbons (Fsp3) is 0.150. The molecule has 0 spiro atoms. The fourth-order valence-corrected chi connectivity index (χ4v) is 4.34. The van der Waals surface area contributed by atoms with E-state index in [0.29, 0.717) is 5.92 Å². The maximum atomic E-state index is 4.88. The van der Waals surface area contributed by atoms with Gasteiger partial charge in [0.05, 0.1) is 11.2 Å². The highest BCUT2D eigenvalue weighted by molar-refractivity contribution is 9.10. The Morgan fingerprint density at radius 2 is 1.85 bits per heavy atom. The van der Waals surface area contributed by atoms with Crippen molar-refractivity contribution < 1.29 is 0 Å². The Labute approximate surface area is 163 Å². The van der Waals surface area contributed by atoms with Crippen LogP contribution in [0.4, 0.5) is 0 Å². The van der Waals surface area contributed by atoms with E-state index < -0.39 is 0 Å². The van der Waals surface area contributed by atoms with E-state index in [1.807, 2.05) is 0 Å². The van der Waals surface area contributed by atoms with Gasteiger partial charge in [-0.25, -0.2) is 4.98 Å². The Hall–Kier alpha value is -2.31. The highest BCUT2D eigenvalue weighted by atomic mass is 79.9. The summed E-state index contributed by atoms with van der Waals surface area (Å²) in [5.41, 5.74) is 5.33. The quantitative estimate of drug-likeness (QED) is 0.350. The molecule has 0 radical (unpaired) electrons. The van der Waals surface area contributed by atoms with Gasteiger partial charge in [-0.3, -0.25) is 4.40 Å². The van der Waals surface area contributed by atoms with Gasteiger partial charge in [0.25, 0.3) is 0 Å². The fourth-order valence-electron chi connectivity index (χ4n) is 3.24. The normalized spacial score (nSPS) is 12.0. The zero-order valence-corrected chi connectivity index (χ0v) is 16.7. The molecule has 3 aromatic rings. The van der Waals surface area contributed by atoms with Crippen LogP contribution in [0.15, 0.2) is 52.3 Å². The van der Waals surface area contributed by atoms with E-state index in [9.17, 15) is 0 Å². The molecule has 2 aromatic carbocycles. The number of aromatic nitrogens is 4. The summed E-state index contributed by atoms with van der Waals surface area (Å²) in [5, 5.41) is 12.1. The largest absolute Gasteiger partial charge is 0.266 e. The second kappa shape index (κ2) is 5.86. The zero-order chi connectivity index (χ0) is 17.8. The summed E-state index contributed by atoms with van der Waals surface area (Å²) in [5.74, 6) is 1.33. The van der Waals surface area contributed by atoms with Crippen molar-refractivity contribution in [2.24, 2.45) is 0 Å². The van der Waals surface area contributed by atoms with E-state index in [-0.39, 0.29) is 0 Å². The first-order valence-electron chi connectivity index (χ1n) is 8.44. The lowest BCUT2D eigenvalue weighted by Crippen LogP contribution is -2.00. The molecule has 0 aliphatic carbocycles. The van der Waals surface area contributed by atoms with Crippen molar-refractivity contribution in [3.05, 3.63) is 57.9 Å². The first-order valence-corrected chi connectivity index (χ1v) is 10.1. The minimum atomic E-state index is 0.466. The van der Waals surface area contributed by atoms with Crippen LogP contribution >= 0.6 is 27.3 Å². The summed E-state index contributed by atoms with van der Waals surface area (Å²) in [6.07, 6.45) is 0. The van der Waals surface area contributed by atoms with E-state index in [4.69, 9.17) is 4.98 Å². The van der Waals surface area contributed by atoms with Crippen molar-refractivity contribution >= 4 is 43.1 Å². The minimum Gasteiger partial charge on any atom is -0.266 e. The number of hydrogen-bond acceptors (Lipinski definition) is 4. The molecule has 26 heavy (non-hydrogen) atoms. The van der Waals surface area contributed by atoms with Crippen molar-refractivity contribution in [2.45, 2.75) is 19.8 Å². The number of halogens is 1. The van der Waals surface area contributed by atoms with Crippen LogP contribution in [0, 0.1) is 0 Å². The number of hydrogen-bond donors (Lipinski definition) is 0. The van der Waals surface area contributed by atoms with E-state index in [1.165, 1.54) is 5.56 Å². The molecule has 2 aliphatic heterocycles. The number of nitrogens with zero attached hydrogens (tertiary/aromatic N) is 4. The van der Waals surface area contributed by atoms with Crippen LogP contribution in [-0.2, 0) is 0 Å². The van der Waals surface area contributed by atoms with Gasteiger partial charge in [0.2, 0.25) is 4.96 Å². The number of fused-ring (bicyclic) bond motifs is 5. The van der Waals surface area contributed by atoms with Gasteiger partial charge in [0.1, 0.15) is 5.69 Å². The summed E-state index contributed by atoms with van der Waals surface area (Å²) >= 11 is 5.08. The summed E-state index contributed by atoms with van der Waals surface area (Å²) in [7, 11) is 0. The van der Waals surface area contributed by atoms with Crippen molar-refractivity contribution in [3.63, 3.8) is 0 Å². The van der Waals surface area contributed by atoms with Gasteiger partial charge >= 0.3 is 0 Å². The Morgan fingerprint density at radius 1 is 1.04 bits per heavy atom. The standard InChI is InChI=1S/C20H15BrN4S/c1-11(2)13-5-8-16-15(9-13)18-19(22-16)25-17(10-26-20(25)24-23-18)12-3-6-14(21)7-4-12/h3-11H,1-2H3. The molecule has 4 nitrogen and oxygen atoms in total. The lowest BCUT2D eigenvalue weighted by molar-refractivity contribution is 0.868. The Balaban J connectivity index is 1.80. The van der Waals surface area contributed by atoms with Crippen LogP contribution in [0.3, 0.4) is 0 Å². The third-order valence-corrected chi connectivity index (χ3v) is 6.02. The average Bonchev–Trinajstić information content (AvgIpc) is 3.22. The maximum Gasteiger partial charge on any atom is 0.216 e. The first-order chi connectivity index (χ1) is 12.6. The maximum absolute atomic E-state index is 4.88. The molecule has 0 amide bonds. The minimum absolute atomic E-state index is 0.466. The smallest absolute Gasteiger partial charge is 0.216 e. The number of rotatable bonds is 2. The molecule has 0 unspecified atom stereocenters. The third-order valence-electron chi connectivity index (χ3n) is 4.68. The number of thiazole rings is 1. The highest BCUT2D eigenvalue weighted by Crippen LogP contribution is 2.35. The Morgan fingerprint density at radius 3 is 2.62 bits per heavy atom. The molecule has 6 heteroatoms. The van der Waals surface area contributed by atoms with E-state index in [2.05, 4.69) is 92.2 Å². The average molecular weight is 423 g/mol. The molecule has 5 rings (SSSR count). The SMILES string of the molecule is CC(C)c1ccc2nc3n4c(-c5ccc(Br)cc5)csc4nnc-3c2c1. The third kappa shape index (κ3) is 2.36. The molecule has 0 saturated carbocycles. The van der Waals surface area contributed by atoms with Crippen molar-refractivity contribution in [3.8, 4) is 22.8 Å². The molecule has 0 atom stereocenters. The van der Waals surface area contributed by atoms with Gasteiger partial charge in [-0.2, -0.15) is 0 Å². The summed E-state index contributed by atoms with van der Waals surface area (Å²) in [6, 6.07) is 14.7. The van der Waals surface area contributed by atoms with Crippen LogP contribution in [0.5, 0.6) is 0 Å². The van der Waals surface area contributed by atoms with Crippen LogP contribution in [0.1, 0.15) is 25.3 Å². The summed E-state index contributed by atoms with van der Waals surface area (Å²) < 4.78 is 3.18. The van der Waals surface area contributed by atoms with Crippen LogP contribution in [-0.4, -0.2) is 19.6 Å². The lowest BCUT2D eigenvalue weighted by Gasteiger charge is -2.06. The second-order valence-electron chi connectivity index (χ2n) is 6.66. The van der Waals surface area contributed by atoms with Gasteiger partial charge < -0.3 is 0 Å². The van der Waals surface area contributed by atoms with Crippen LogP contribution < -0.4 is 0 Å². The van der Waals surface area contributed by atoms with Gasteiger partial charge in [-0.05, 0) is 41.3 Å². The van der Waals surface area contributed by atoms with Gasteiger partial charge in [0, 0.05) is 15.2 Å². The summed E-state index contributed by atoms with van der Waals surface area (Å²) in [4.78, 5) is 5.73. The molecule has 1 aromatic heterocycles. The summed E-state index contributed by atoms with van der Waals surface area (Å²) in [6.45, 7) is 4.39. The molecule has 2 aliphatic rings. The van der Waals surface area contributed by atoms with E-state index in [1.54, 1.807) is 11.3 Å². The van der Waals surface area contributed by atoms with Crippen molar-refractivity contribution in [1.29, 1.82) is 0 Å². The van der Waals surface area contributed by atoms with Gasteiger partial charge in [-0.1, -0.05) is 48.0 Å². The predicted molar refractivity (Wildman–Crippen MR) is 110 cm³/mol. The first kappa shape index (κ1) is 15.9. The molecule has 0 fully saturated rings. The van der Waals surface area contributed by atoms with Crippen LogP contribution in [0.25, 0.3) is 38.6 Å². The Kier molecular flexibility index (Phi) is 3.58. The highest BCUT2D eigenvalue weighted by Gasteiger charge is 2.21. The van der Waals surface area contributed by atoms with E-state index in [0.717, 1.165) is 43.1 Å². The Bertz CT molecular complexity index is 1220. The molecule has 128 valence electrons. The number of benzene rings is 2. The second-order valence-corrected chi connectivity index (χ2v) is 8.41. The van der Waals surface area contributed by atoms with E-state index >= 15 is 0 Å².